The molecule has 0 saturated carbocycles. The number of anilines is 1. The first-order chi connectivity index (χ1) is 9.08. The Bertz CT molecular complexity index is 502. The molecule has 2 rings (SSSR count). The summed E-state index contributed by atoms with van der Waals surface area (Å²) in [7, 11) is 0. The van der Waals surface area contributed by atoms with Crippen LogP contribution in [0.25, 0.3) is 6.08 Å². The van der Waals surface area contributed by atoms with Gasteiger partial charge in [0.2, 0.25) is 0 Å². The lowest BCUT2D eigenvalue weighted by atomic mass is 10.1. The zero-order valence-electron chi connectivity index (χ0n) is 11.2. The molecule has 1 aliphatic heterocycles. The quantitative estimate of drug-likeness (QED) is 0.861. The highest BCUT2D eigenvalue weighted by Gasteiger charge is 2.21. The number of rotatable bonds is 3. The van der Waals surface area contributed by atoms with Gasteiger partial charge in [-0.15, -0.1) is 0 Å². The van der Waals surface area contributed by atoms with Crippen LogP contribution in [0.1, 0.15) is 18.1 Å². The van der Waals surface area contributed by atoms with Crippen molar-refractivity contribution >= 4 is 29.6 Å². The maximum atomic E-state index is 10.5. The van der Waals surface area contributed by atoms with E-state index < -0.39 is 5.97 Å². The Morgan fingerprint density at radius 2 is 2.42 bits per heavy atom. The molecular formula is C14H18N2O2S. The fourth-order valence-corrected chi connectivity index (χ4v) is 3.20. The van der Waals surface area contributed by atoms with Crippen LogP contribution in [0.5, 0.6) is 0 Å². The molecule has 4 nitrogen and oxygen atoms in total. The molecule has 0 aromatic carbocycles. The number of aliphatic carboxylic acids is 1. The average molecular weight is 278 g/mol. The summed E-state index contributed by atoms with van der Waals surface area (Å²) in [6.45, 7) is 5.25. The van der Waals surface area contributed by atoms with Crippen molar-refractivity contribution in [3.05, 3.63) is 29.5 Å². The minimum Gasteiger partial charge on any atom is -0.478 e. The normalized spacial score (nSPS) is 19.9. The highest BCUT2D eigenvalue weighted by atomic mass is 32.2. The van der Waals surface area contributed by atoms with E-state index in [0.717, 1.165) is 41.1 Å². The predicted molar refractivity (Wildman–Crippen MR) is 79.8 cm³/mol. The Morgan fingerprint density at radius 1 is 1.63 bits per heavy atom. The molecule has 1 unspecified atom stereocenters. The fourth-order valence-electron chi connectivity index (χ4n) is 2.19. The lowest BCUT2D eigenvalue weighted by Crippen LogP contribution is -2.41. The van der Waals surface area contributed by atoms with Crippen molar-refractivity contribution in [2.45, 2.75) is 19.9 Å². The number of aryl methyl sites for hydroxylation is 1. The van der Waals surface area contributed by atoms with Gasteiger partial charge in [0, 0.05) is 36.4 Å². The van der Waals surface area contributed by atoms with Crippen LogP contribution in [0, 0.1) is 6.92 Å². The summed E-state index contributed by atoms with van der Waals surface area (Å²) >= 11 is 1.98. The number of hydrogen-bond acceptors (Lipinski definition) is 4. The van der Waals surface area contributed by atoms with Gasteiger partial charge < -0.3 is 10.0 Å². The molecule has 19 heavy (non-hydrogen) atoms. The van der Waals surface area contributed by atoms with Crippen LogP contribution in [-0.4, -0.2) is 40.2 Å². The Balaban J connectivity index is 2.21. The van der Waals surface area contributed by atoms with Gasteiger partial charge in [-0.3, -0.25) is 0 Å². The molecule has 1 N–H and O–H groups in total. The third kappa shape index (κ3) is 3.50. The minimum atomic E-state index is -0.941. The number of carbonyl (C=O) groups is 1. The second-order valence-electron chi connectivity index (χ2n) is 4.70. The number of carboxylic acids is 1. The van der Waals surface area contributed by atoms with Crippen LogP contribution < -0.4 is 4.90 Å². The van der Waals surface area contributed by atoms with Gasteiger partial charge in [-0.1, -0.05) is 0 Å². The first-order valence-electron chi connectivity index (χ1n) is 6.30. The molecule has 1 aliphatic rings. The van der Waals surface area contributed by atoms with E-state index in [-0.39, 0.29) is 0 Å². The summed E-state index contributed by atoms with van der Waals surface area (Å²) in [6.07, 6.45) is 4.44. The van der Waals surface area contributed by atoms with Crippen LogP contribution in [0.3, 0.4) is 0 Å². The van der Waals surface area contributed by atoms with Gasteiger partial charge in [-0.25, -0.2) is 9.78 Å². The Labute approximate surface area is 117 Å². The van der Waals surface area contributed by atoms with Gasteiger partial charge in [0.15, 0.2) is 0 Å². The first-order valence-corrected chi connectivity index (χ1v) is 7.45. The van der Waals surface area contributed by atoms with E-state index in [1.54, 1.807) is 12.3 Å². The lowest BCUT2D eigenvalue weighted by molar-refractivity contribution is -0.131. The molecule has 0 aliphatic carbocycles. The molecule has 0 amide bonds. The highest BCUT2D eigenvalue weighted by Crippen LogP contribution is 2.25. The summed E-state index contributed by atoms with van der Waals surface area (Å²) < 4.78 is 0. The summed E-state index contributed by atoms with van der Waals surface area (Å²) in [5.74, 6) is 2.33. The minimum absolute atomic E-state index is 0.491. The van der Waals surface area contributed by atoms with Crippen molar-refractivity contribution in [3.8, 4) is 0 Å². The maximum absolute atomic E-state index is 10.5. The Morgan fingerprint density at radius 3 is 3.05 bits per heavy atom. The number of carboxylic acid groups (broad SMARTS) is 1. The van der Waals surface area contributed by atoms with E-state index in [0.29, 0.717) is 6.04 Å². The molecule has 0 spiro atoms. The third-order valence-electron chi connectivity index (χ3n) is 3.13. The average Bonchev–Trinajstić information content (AvgIpc) is 2.38. The van der Waals surface area contributed by atoms with E-state index in [2.05, 4.69) is 16.8 Å². The molecular weight excluding hydrogens is 260 g/mol. The van der Waals surface area contributed by atoms with Gasteiger partial charge in [0.25, 0.3) is 0 Å². The lowest BCUT2D eigenvalue weighted by Gasteiger charge is -2.35. The van der Waals surface area contributed by atoms with Gasteiger partial charge in [-0.2, -0.15) is 11.8 Å². The number of pyridine rings is 1. The van der Waals surface area contributed by atoms with Crippen molar-refractivity contribution in [1.82, 2.24) is 4.98 Å². The summed E-state index contributed by atoms with van der Waals surface area (Å²) in [5, 5.41) is 8.62. The van der Waals surface area contributed by atoms with Gasteiger partial charge in [-0.05, 0) is 37.1 Å². The van der Waals surface area contributed by atoms with Crippen LogP contribution in [-0.2, 0) is 4.79 Å². The third-order valence-corrected chi connectivity index (χ3v) is 4.32. The highest BCUT2D eigenvalue weighted by molar-refractivity contribution is 7.99. The van der Waals surface area contributed by atoms with Crippen molar-refractivity contribution in [3.63, 3.8) is 0 Å². The summed E-state index contributed by atoms with van der Waals surface area (Å²) in [4.78, 5) is 17.3. The van der Waals surface area contributed by atoms with Crippen molar-refractivity contribution in [1.29, 1.82) is 0 Å². The molecule has 1 atom stereocenters. The van der Waals surface area contributed by atoms with Crippen LogP contribution in [0.2, 0.25) is 0 Å². The van der Waals surface area contributed by atoms with Crippen molar-refractivity contribution < 1.29 is 9.90 Å². The Hall–Kier alpha value is -1.49. The molecule has 1 saturated heterocycles. The molecule has 2 heterocycles. The van der Waals surface area contributed by atoms with Crippen molar-refractivity contribution in [2.24, 2.45) is 0 Å². The van der Waals surface area contributed by atoms with Crippen LogP contribution >= 0.6 is 11.8 Å². The van der Waals surface area contributed by atoms with Gasteiger partial charge in [0.1, 0.15) is 5.82 Å². The maximum Gasteiger partial charge on any atom is 0.328 e. The van der Waals surface area contributed by atoms with E-state index in [4.69, 9.17) is 5.11 Å². The second kappa shape index (κ2) is 6.10. The number of aromatic nitrogens is 1. The summed E-state index contributed by atoms with van der Waals surface area (Å²) in [5.41, 5.74) is 1.91. The molecule has 5 heteroatoms. The fraction of sp³-hybridized carbons (Fsp3) is 0.429. The molecule has 0 radical (unpaired) electrons. The van der Waals surface area contributed by atoms with Crippen LogP contribution in [0.15, 0.2) is 18.3 Å². The van der Waals surface area contributed by atoms with Crippen molar-refractivity contribution in [2.75, 3.05) is 23.0 Å². The molecule has 0 bridgehead atoms. The zero-order valence-corrected chi connectivity index (χ0v) is 12.0. The second-order valence-corrected chi connectivity index (χ2v) is 5.85. The zero-order chi connectivity index (χ0) is 13.8. The molecule has 1 aromatic rings. The molecule has 102 valence electrons. The number of nitrogens with zero attached hydrogens (tertiary/aromatic N) is 2. The van der Waals surface area contributed by atoms with E-state index in [1.165, 1.54) is 0 Å². The standard InChI is InChI=1S/C14H18N2O2S/c1-10-7-12(3-4-13(17)18)8-15-14(10)16-5-6-19-9-11(16)2/h3-4,7-8,11H,5-6,9H2,1-2H3,(H,17,18)/b4-3+. The summed E-state index contributed by atoms with van der Waals surface area (Å²) in [6, 6.07) is 2.47. The van der Waals surface area contributed by atoms with E-state index in [1.807, 2.05) is 24.8 Å². The van der Waals surface area contributed by atoms with E-state index in [9.17, 15) is 4.79 Å². The predicted octanol–water partition coefficient (Wildman–Crippen LogP) is 2.43. The van der Waals surface area contributed by atoms with Gasteiger partial charge in [0.05, 0.1) is 0 Å². The van der Waals surface area contributed by atoms with Gasteiger partial charge >= 0.3 is 5.97 Å². The monoisotopic (exact) mass is 278 g/mol. The number of thioether (sulfide) groups is 1. The SMILES string of the molecule is Cc1cc(/C=C/C(=O)O)cnc1N1CCSCC1C. The number of hydrogen-bond donors (Lipinski definition) is 1. The largest absolute Gasteiger partial charge is 0.478 e. The topological polar surface area (TPSA) is 53.4 Å². The Kier molecular flexibility index (Phi) is 4.47. The molecule has 1 fully saturated rings. The van der Waals surface area contributed by atoms with Crippen LogP contribution in [0.4, 0.5) is 5.82 Å². The van der Waals surface area contributed by atoms with E-state index >= 15 is 0 Å². The smallest absolute Gasteiger partial charge is 0.328 e. The first kappa shape index (κ1) is 13.9. The molecule has 1 aromatic heterocycles.